The maximum atomic E-state index is 11.6. The van der Waals surface area contributed by atoms with E-state index in [0.717, 1.165) is 4.90 Å². The molecule has 1 unspecified atom stereocenters. The Morgan fingerprint density at radius 2 is 2.27 bits per heavy atom. The fraction of sp³-hybridized carbons (Fsp3) is 0.400. The molecule has 0 spiro atoms. The molecule has 0 radical (unpaired) electrons. The van der Waals surface area contributed by atoms with Gasteiger partial charge in [-0.05, 0) is 0 Å². The first kappa shape index (κ1) is 13.2. The van der Waals surface area contributed by atoms with Gasteiger partial charge in [0.15, 0.2) is 0 Å². The molecule has 0 aliphatic rings. The van der Waals surface area contributed by atoms with Gasteiger partial charge in [-0.2, -0.15) is 0 Å². The number of terminal acetylenes is 1. The second-order valence-electron chi connectivity index (χ2n) is 2.92. The molecule has 0 fully saturated rings. The molecule has 82 valence electrons. The van der Waals surface area contributed by atoms with E-state index >= 15 is 0 Å². The van der Waals surface area contributed by atoms with Gasteiger partial charge < -0.3 is 15.7 Å². The molecule has 0 aliphatic carbocycles. The van der Waals surface area contributed by atoms with Crippen LogP contribution in [0.1, 0.15) is 6.42 Å². The first-order chi connectivity index (χ1) is 7.02. The number of nitrogens with zero attached hydrogens (tertiary/aromatic N) is 1. The lowest BCUT2D eigenvalue weighted by Gasteiger charge is -2.21. The molecule has 5 heteroatoms. The number of amides is 1. The summed E-state index contributed by atoms with van der Waals surface area (Å²) in [5.41, 5.74) is 5.47. The van der Waals surface area contributed by atoms with Crippen LogP contribution >= 0.6 is 0 Å². The van der Waals surface area contributed by atoms with Crippen LogP contribution in [0.4, 0.5) is 0 Å². The normalized spacial score (nSPS) is 11.2. The zero-order valence-corrected chi connectivity index (χ0v) is 8.35. The second-order valence-corrected chi connectivity index (χ2v) is 2.92. The summed E-state index contributed by atoms with van der Waals surface area (Å²) in [6, 6.07) is -0.853. The second kappa shape index (κ2) is 6.62. The van der Waals surface area contributed by atoms with Crippen molar-refractivity contribution >= 4 is 11.9 Å². The Bertz CT molecular complexity index is 294. The summed E-state index contributed by atoms with van der Waals surface area (Å²) in [6.45, 7) is 3.17. The summed E-state index contributed by atoms with van der Waals surface area (Å²) in [5.74, 6) is 0.677. The Morgan fingerprint density at radius 3 is 2.67 bits per heavy atom. The molecule has 0 bridgehead atoms. The van der Waals surface area contributed by atoms with Gasteiger partial charge in [-0.15, -0.1) is 18.9 Å². The highest BCUT2D eigenvalue weighted by molar-refractivity contribution is 5.85. The Morgan fingerprint density at radius 1 is 1.67 bits per heavy atom. The van der Waals surface area contributed by atoms with Crippen molar-refractivity contribution < 1.29 is 14.7 Å². The average molecular weight is 210 g/mol. The third kappa shape index (κ3) is 4.84. The molecule has 0 heterocycles. The average Bonchev–Trinajstić information content (AvgIpc) is 2.16. The third-order valence-corrected chi connectivity index (χ3v) is 1.64. The van der Waals surface area contributed by atoms with Crippen molar-refractivity contribution in [2.45, 2.75) is 12.5 Å². The smallest absolute Gasteiger partial charge is 0.323 e. The highest BCUT2D eigenvalue weighted by Crippen LogP contribution is 1.97. The van der Waals surface area contributed by atoms with E-state index in [1.807, 2.05) is 0 Å². The molecule has 0 aromatic heterocycles. The third-order valence-electron chi connectivity index (χ3n) is 1.64. The number of aliphatic carboxylic acids is 1. The minimum Gasteiger partial charge on any atom is -0.480 e. The lowest BCUT2D eigenvalue weighted by atomic mass is 10.2. The zero-order valence-electron chi connectivity index (χ0n) is 8.35. The highest BCUT2D eigenvalue weighted by atomic mass is 16.4. The van der Waals surface area contributed by atoms with Gasteiger partial charge >= 0.3 is 5.97 Å². The maximum absolute atomic E-state index is 11.6. The van der Waals surface area contributed by atoms with Gasteiger partial charge in [0.2, 0.25) is 5.91 Å². The first-order valence-electron chi connectivity index (χ1n) is 4.33. The fourth-order valence-corrected chi connectivity index (χ4v) is 1.00. The van der Waals surface area contributed by atoms with Crippen molar-refractivity contribution in [2.75, 3.05) is 13.1 Å². The molecule has 0 aliphatic heterocycles. The van der Waals surface area contributed by atoms with Crippen molar-refractivity contribution in [3.05, 3.63) is 12.7 Å². The van der Waals surface area contributed by atoms with Crippen LogP contribution in [0.15, 0.2) is 12.7 Å². The van der Waals surface area contributed by atoms with Crippen LogP contribution in [0.3, 0.4) is 0 Å². The summed E-state index contributed by atoms with van der Waals surface area (Å²) in [7, 11) is 0. The van der Waals surface area contributed by atoms with E-state index in [0.29, 0.717) is 0 Å². The molecule has 0 aromatic rings. The fourth-order valence-electron chi connectivity index (χ4n) is 1.00. The summed E-state index contributed by atoms with van der Waals surface area (Å²) in [4.78, 5) is 23.1. The van der Waals surface area contributed by atoms with E-state index in [1.54, 1.807) is 0 Å². The van der Waals surface area contributed by atoms with Crippen molar-refractivity contribution in [3.63, 3.8) is 0 Å². The molecule has 0 saturated carbocycles. The van der Waals surface area contributed by atoms with E-state index in [4.69, 9.17) is 17.3 Å². The lowest BCUT2D eigenvalue weighted by Crippen LogP contribution is -2.45. The van der Waals surface area contributed by atoms with E-state index in [-0.39, 0.29) is 13.0 Å². The van der Waals surface area contributed by atoms with Crippen LogP contribution < -0.4 is 5.73 Å². The molecule has 0 saturated heterocycles. The largest absolute Gasteiger partial charge is 0.480 e. The van der Waals surface area contributed by atoms with E-state index < -0.39 is 24.5 Å². The topological polar surface area (TPSA) is 83.6 Å². The van der Waals surface area contributed by atoms with Crippen LogP contribution in [-0.2, 0) is 9.59 Å². The van der Waals surface area contributed by atoms with E-state index in [9.17, 15) is 9.59 Å². The van der Waals surface area contributed by atoms with E-state index in [2.05, 4.69) is 12.5 Å². The van der Waals surface area contributed by atoms with Gasteiger partial charge in [0.1, 0.15) is 6.54 Å². The summed E-state index contributed by atoms with van der Waals surface area (Å²) < 4.78 is 0. The van der Waals surface area contributed by atoms with Gasteiger partial charge in [0, 0.05) is 13.0 Å². The number of hydrogen-bond donors (Lipinski definition) is 2. The molecule has 0 aromatic carbocycles. The number of rotatable bonds is 6. The zero-order chi connectivity index (χ0) is 11.8. The van der Waals surface area contributed by atoms with Crippen molar-refractivity contribution in [1.29, 1.82) is 0 Å². The van der Waals surface area contributed by atoms with Gasteiger partial charge in [0.25, 0.3) is 0 Å². The Balaban J connectivity index is 4.47. The SMILES string of the molecule is C#CCC(N)C(=O)N(CC=C)CC(=O)O. The molecule has 15 heavy (non-hydrogen) atoms. The molecule has 1 amide bonds. The number of carboxylic acid groups (broad SMARTS) is 1. The number of hydrogen-bond acceptors (Lipinski definition) is 3. The predicted octanol–water partition coefficient (Wildman–Crippen LogP) is -0.564. The van der Waals surface area contributed by atoms with Crippen LogP contribution in [0, 0.1) is 12.3 Å². The summed E-state index contributed by atoms with van der Waals surface area (Å²) in [5, 5.41) is 8.56. The monoisotopic (exact) mass is 210 g/mol. The first-order valence-corrected chi connectivity index (χ1v) is 4.33. The molecule has 3 N–H and O–H groups in total. The molecule has 1 atom stereocenters. The van der Waals surface area contributed by atoms with Crippen molar-refractivity contribution in [3.8, 4) is 12.3 Å². The van der Waals surface area contributed by atoms with Gasteiger partial charge in [-0.25, -0.2) is 0 Å². The molecule has 5 nitrogen and oxygen atoms in total. The number of carbonyl (C=O) groups is 2. The molecular weight excluding hydrogens is 196 g/mol. The Kier molecular flexibility index (Phi) is 5.83. The minimum absolute atomic E-state index is 0.0894. The number of nitrogens with two attached hydrogens (primary N) is 1. The summed E-state index contributed by atoms with van der Waals surface area (Å²) in [6.07, 6.45) is 6.53. The van der Waals surface area contributed by atoms with E-state index in [1.165, 1.54) is 6.08 Å². The Hall–Kier alpha value is -1.80. The van der Waals surface area contributed by atoms with Crippen molar-refractivity contribution in [2.24, 2.45) is 5.73 Å². The Labute approximate surface area is 88.6 Å². The minimum atomic E-state index is -1.10. The van der Waals surface area contributed by atoms with Gasteiger partial charge in [0.05, 0.1) is 6.04 Å². The quantitative estimate of drug-likeness (QED) is 0.454. The highest BCUT2D eigenvalue weighted by Gasteiger charge is 2.21. The van der Waals surface area contributed by atoms with Gasteiger partial charge in [-0.3, -0.25) is 9.59 Å². The van der Waals surface area contributed by atoms with Gasteiger partial charge in [-0.1, -0.05) is 6.08 Å². The van der Waals surface area contributed by atoms with Crippen LogP contribution in [-0.4, -0.2) is 41.0 Å². The molecular formula is C10H14N2O3. The lowest BCUT2D eigenvalue weighted by molar-refractivity contribution is -0.144. The van der Waals surface area contributed by atoms with Crippen LogP contribution in [0.25, 0.3) is 0 Å². The number of carbonyl (C=O) groups excluding carboxylic acids is 1. The van der Waals surface area contributed by atoms with Crippen LogP contribution in [0.2, 0.25) is 0 Å². The maximum Gasteiger partial charge on any atom is 0.323 e. The predicted molar refractivity (Wildman–Crippen MR) is 55.8 cm³/mol. The summed E-state index contributed by atoms with van der Waals surface area (Å²) >= 11 is 0. The van der Waals surface area contributed by atoms with Crippen LogP contribution in [0.5, 0.6) is 0 Å². The standard InChI is InChI=1S/C10H14N2O3/c1-3-5-8(11)10(15)12(6-4-2)7-9(13)14/h1,4,8H,2,5-7,11H2,(H,13,14). The van der Waals surface area contributed by atoms with Crippen molar-refractivity contribution in [1.82, 2.24) is 4.90 Å². The molecule has 0 rings (SSSR count). The number of carboxylic acids is 1.